The standard InChI is InChI=1S/C14H19NO3/c15-14-11-5-1-2-6-12(11)18-9-13(14)17-8-10-4-3-7-16-10/h1-2,5-6,10,13-14H,3-4,7-9,15H2. The highest BCUT2D eigenvalue weighted by atomic mass is 16.6. The maximum Gasteiger partial charge on any atom is 0.124 e. The molecule has 0 aromatic heterocycles. The van der Waals surface area contributed by atoms with Crippen molar-refractivity contribution in [3.63, 3.8) is 0 Å². The predicted molar refractivity (Wildman–Crippen MR) is 67.6 cm³/mol. The van der Waals surface area contributed by atoms with Gasteiger partial charge in [0.2, 0.25) is 0 Å². The number of hydrogen-bond acceptors (Lipinski definition) is 4. The largest absolute Gasteiger partial charge is 0.490 e. The lowest BCUT2D eigenvalue weighted by Gasteiger charge is -2.31. The van der Waals surface area contributed by atoms with Gasteiger partial charge in [0.15, 0.2) is 0 Å². The fourth-order valence-electron chi connectivity index (χ4n) is 2.52. The van der Waals surface area contributed by atoms with E-state index in [-0.39, 0.29) is 18.2 Å². The molecular weight excluding hydrogens is 230 g/mol. The summed E-state index contributed by atoms with van der Waals surface area (Å²) in [6.45, 7) is 1.98. The van der Waals surface area contributed by atoms with E-state index in [4.69, 9.17) is 19.9 Å². The van der Waals surface area contributed by atoms with Crippen molar-refractivity contribution < 1.29 is 14.2 Å². The van der Waals surface area contributed by atoms with Crippen LogP contribution >= 0.6 is 0 Å². The van der Waals surface area contributed by atoms with Crippen LogP contribution in [0.2, 0.25) is 0 Å². The molecule has 4 nitrogen and oxygen atoms in total. The number of fused-ring (bicyclic) bond motifs is 1. The summed E-state index contributed by atoms with van der Waals surface area (Å²) >= 11 is 0. The van der Waals surface area contributed by atoms with Crippen molar-refractivity contribution in [1.82, 2.24) is 0 Å². The molecule has 0 saturated carbocycles. The van der Waals surface area contributed by atoms with Crippen LogP contribution in [0.1, 0.15) is 24.4 Å². The van der Waals surface area contributed by atoms with E-state index < -0.39 is 0 Å². The molecule has 1 aromatic carbocycles. The van der Waals surface area contributed by atoms with Crippen molar-refractivity contribution in [2.24, 2.45) is 5.73 Å². The van der Waals surface area contributed by atoms with E-state index in [2.05, 4.69) is 0 Å². The average molecular weight is 249 g/mol. The lowest BCUT2D eigenvalue weighted by Crippen LogP contribution is -2.39. The molecular formula is C14H19NO3. The molecule has 0 spiro atoms. The first kappa shape index (κ1) is 12.0. The number of para-hydroxylation sites is 1. The second kappa shape index (κ2) is 5.26. The zero-order valence-electron chi connectivity index (χ0n) is 10.4. The van der Waals surface area contributed by atoms with Crippen LogP contribution in [0, 0.1) is 0 Å². The van der Waals surface area contributed by atoms with Gasteiger partial charge in [-0.2, -0.15) is 0 Å². The maximum atomic E-state index is 6.23. The molecule has 4 heteroatoms. The van der Waals surface area contributed by atoms with Gasteiger partial charge in [-0.1, -0.05) is 18.2 Å². The van der Waals surface area contributed by atoms with Crippen molar-refractivity contribution in [1.29, 1.82) is 0 Å². The van der Waals surface area contributed by atoms with Crippen LogP contribution in [-0.2, 0) is 9.47 Å². The Hall–Kier alpha value is -1.10. The molecule has 2 aliphatic heterocycles. The van der Waals surface area contributed by atoms with Gasteiger partial charge in [-0.25, -0.2) is 0 Å². The summed E-state index contributed by atoms with van der Waals surface area (Å²) < 4.78 is 17.1. The molecule has 1 aromatic rings. The minimum absolute atomic E-state index is 0.0795. The summed E-state index contributed by atoms with van der Waals surface area (Å²) in [4.78, 5) is 0. The summed E-state index contributed by atoms with van der Waals surface area (Å²) in [7, 11) is 0. The number of rotatable bonds is 3. The van der Waals surface area contributed by atoms with Gasteiger partial charge in [0.05, 0.1) is 18.8 Å². The number of nitrogens with two attached hydrogens (primary N) is 1. The highest BCUT2D eigenvalue weighted by molar-refractivity contribution is 5.38. The summed E-state index contributed by atoms with van der Waals surface area (Å²) in [6.07, 6.45) is 2.36. The highest BCUT2D eigenvalue weighted by Gasteiger charge is 2.29. The number of ether oxygens (including phenoxy) is 3. The molecule has 3 unspecified atom stereocenters. The number of hydrogen-bond donors (Lipinski definition) is 1. The third-order valence-electron chi connectivity index (χ3n) is 3.60. The fourth-order valence-corrected chi connectivity index (χ4v) is 2.52. The van der Waals surface area contributed by atoms with E-state index in [1.807, 2.05) is 24.3 Å². The average Bonchev–Trinajstić information content (AvgIpc) is 2.91. The molecule has 1 saturated heterocycles. The van der Waals surface area contributed by atoms with Crippen molar-refractivity contribution in [2.75, 3.05) is 19.8 Å². The predicted octanol–water partition coefficient (Wildman–Crippen LogP) is 1.64. The van der Waals surface area contributed by atoms with Gasteiger partial charge < -0.3 is 19.9 Å². The van der Waals surface area contributed by atoms with E-state index in [0.717, 1.165) is 30.8 Å². The zero-order valence-corrected chi connectivity index (χ0v) is 10.4. The highest BCUT2D eigenvalue weighted by Crippen LogP contribution is 2.31. The molecule has 1 fully saturated rings. The molecule has 2 N–H and O–H groups in total. The second-order valence-electron chi connectivity index (χ2n) is 4.88. The summed E-state index contributed by atoms with van der Waals surface area (Å²) in [5, 5.41) is 0. The van der Waals surface area contributed by atoms with E-state index in [1.54, 1.807) is 0 Å². The molecule has 3 rings (SSSR count). The third kappa shape index (κ3) is 2.36. The van der Waals surface area contributed by atoms with Crippen LogP contribution in [0.3, 0.4) is 0 Å². The van der Waals surface area contributed by atoms with Gasteiger partial charge in [-0.15, -0.1) is 0 Å². The quantitative estimate of drug-likeness (QED) is 0.885. The van der Waals surface area contributed by atoms with E-state index in [0.29, 0.717) is 13.2 Å². The van der Waals surface area contributed by atoms with E-state index in [1.165, 1.54) is 0 Å². The van der Waals surface area contributed by atoms with Gasteiger partial charge >= 0.3 is 0 Å². The third-order valence-corrected chi connectivity index (χ3v) is 3.60. The Bertz CT molecular complexity index is 404. The van der Waals surface area contributed by atoms with Gasteiger partial charge in [0.1, 0.15) is 18.5 Å². The van der Waals surface area contributed by atoms with Crippen LogP contribution < -0.4 is 10.5 Å². The first-order valence-corrected chi connectivity index (χ1v) is 6.55. The molecule has 2 heterocycles. The Morgan fingerprint density at radius 2 is 2.22 bits per heavy atom. The summed E-state index contributed by atoms with van der Waals surface area (Å²) in [5.41, 5.74) is 7.26. The molecule has 2 aliphatic rings. The monoisotopic (exact) mass is 249 g/mol. The van der Waals surface area contributed by atoms with Gasteiger partial charge in [0, 0.05) is 12.2 Å². The summed E-state index contributed by atoms with van der Waals surface area (Å²) in [6, 6.07) is 7.77. The molecule has 3 atom stereocenters. The number of benzene rings is 1. The van der Waals surface area contributed by atoms with Crippen LogP contribution in [-0.4, -0.2) is 32.0 Å². The second-order valence-corrected chi connectivity index (χ2v) is 4.88. The SMILES string of the molecule is NC1c2ccccc2OCC1OCC1CCCO1. The fraction of sp³-hybridized carbons (Fsp3) is 0.571. The Morgan fingerprint density at radius 3 is 3.06 bits per heavy atom. The first-order chi connectivity index (χ1) is 8.84. The van der Waals surface area contributed by atoms with Crippen molar-refractivity contribution in [2.45, 2.75) is 31.1 Å². The lowest BCUT2D eigenvalue weighted by molar-refractivity contribution is -0.0514. The van der Waals surface area contributed by atoms with Crippen molar-refractivity contribution >= 4 is 0 Å². The Kier molecular flexibility index (Phi) is 3.50. The van der Waals surface area contributed by atoms with Gasteiger partial charge in [-0.05, 0) is 18.9 Å². The summed E-state index contributed by atoms with van der Waals surface area (Å²) in [5.74, 6) is 0.877. The van der Waals surface area contributed by atoms with Crippen molar-refractivity contribution in [3.8, 4) is 5.75 Å². The topological polar surface area (TPSA) is 53.7 Å². The first-order valence-electron chi connectivity index (χ1n) is 6.55. The van der Waals surface area contributed by atoms with E-state index in [9.17, 15) is 0 Å². The minimum atomic E-state index is -0.114. The Balaban J connectivity index is 1.61. The molecule has 0 radical (unpaired) electrons. The van der Waals surface area contributed by atoms with Gasteiger partial charge in [0.25, 0.3) is 0 Å². The van der Waals surface area contributed by atoms with Crippen LogP contribution in [0.5, 0.6) is 5.75 Å². The minimum Gasteiger partial charge on any atom is -0.490 e. The molecule has 0 amide bonds. The van der Waals surface area contributed by atoms with E-state index >= 15 is 0 Å². The maximum absolute atomic E-state index is 6.23. The van der Waals surface area contributed by atoms with Crippen molar-refractivity contribution in [3.05, 3.63) is 29.8 Å². The molecule has 0 aliphatic carbocycles. The Labute approximate surface area is 107 Å². The molecule has 98 valence electrons. The van der Waals surface area contributed by atoms with Crippen LogP contribution in [0.15, 0.2) is 24.3 Å². The smallest absolute Gasteiger partial charge is 0.124 e. The molecule has 18 heavy (non-hydrogen) atoms. The Morgan fingerprint density at radius 1 is 1.33 bits per heavy atom. The van der Waals surface area contributed by atoms with Crippen LogP contribution in [0.4, 0.5) is 0 Å². The van der Waals surface area contributed by atoms with Crippen LogP contribution in [0.25, 0.3) is 0 Å². The van der Waals surface area contributed by atoms with Gasteiger partial charge in [-0.3, -0.25) is 0 Å². The zero-order chi connectivity index (χ0) is 12.4. The molecule has 0 bridgehead atoms. The lowest BCUT2D eigenvalue weighted by atomic mass is 9.99. The normalized spacial score (nSPS) is 30.8.